The van der Waals surface area contributed by atoms with Crippen LogP contribution in [-0.2, 0) is 10.8 Å². The molecule has 1 amide bonds. The van der Waals surface area contributed by atoms with Crippen molar-refractivity contribution >= 4 is 27.6 Å². The van der Waals surface area contributed by atoms with E-state index in [1.165, 1.54) is 0 Å². The molecule has 0 aliphatic carbocycles. The molecule has 0 radical (unpaired) electrons. The van der Waals surface area contributed by atoms with Crippen LogP contribution < -0.4 is 0 Å². The van der Waals surface area contributed by atoms with Crippen molar-refractivity contribution in [3.05, 3.63) is 72.2 Å². The van der Waals surface area contributed by atoms with E-state index in [0.29, 0.717) is 16.4 Å². The smallest absolute Gasteiger partial charge is 0.253 e. The third kappa shape index (κ3) is 4.66. The number of carbonyl (C=O) groups excluding carboxylic acids is 1. The van der Waals surface area contributed by atoms with Gasteiger partial charge in [0.05, 0.1) is 21.2 Å². The zero-order valence-corrected chi connectivity index (χ0v) is 20.9. The molecule has 2 aromatic carbocycles. The molecule has 0 fully saturated rings. The molecule has 4 rings (SSSR count). The first kappa shape index (κ1) is 23.8. The Kier molecular flexibility index (Phi) is 7.22. The quantitative estimate of drug-likeness (QED) is 0.343. The molecule has 0 aliphatic heterocycles. The van der Waals surface area contributed by atoms with E-state index in [2.05, 4.69) is 36.8 Å². The lowest BCUT2D eigenvalue weighted by atomic mass is 10.0. The van der Waals surface area contributed by atoms with Crippen molar-refractivity contribution in [2.45, 2.75) is 38.5 Å². The Morgan fingerprint density at radius 3 is 2.32 bits per heavy atom. The summed E-state index contributed by atoms with van der Waals surface area (Å²) in [6.45, 7) is 7.65. The fourth-order valence-electron chi connectivity index (χ4n) is 4.24. The van der Waals surface area contributed by atoms with Crippen molar-refractivity contribution in [1.29, 1.82) is 0 Å². The monoisotopic (exact) mass is 474 g/mol. The average molecular weight is 475 g/mol. The summed E-state index contributed by atoms with van der Waals surface area (Å²) in [7, 11) is -1.20. The van der Waals surface area contributed by atoms with Crippen LogP contribution in [0.1, 0.15) is 42.6 Å². The fourth-order valence-corrected chi connectivity index (χ4v) is 4.98. The van der Waals surface area contributed by atoms with Gasteiger partial charge in [-0.05, 0) is 43.0 Å². The molecule has 34 heavy (non-hydrogen) atoms. The van der Waals surface area contributed by atoms with Gasteiger partial charge in [-0.15, -0.1) is 0 Å². The predicted octanol–water partition coefficient (Wildman–Crippen LogP) is 5.40. The van der Waals surface area contributed by atoms with Gasteiger partial charge in [-0.25, -0.2) is 9.97 Å². The summed E-state index contributed by atoms with van der Waals surface area (Å²) in [5.74, 6) is 0.482. The second kappa shape index (κ2) is 10.3. The first-order valence-corrected chi connectivity index (χ1v) is 13.2. The summed E-state index contributed by atoms with van der Waals surface area (Å²) in [5.41, 5.74) is 4.55. The van der Waals surface area contributed by atoms with E-state index in [1.54, 1.807) is 18.6 Å². The number of amides is 1. The lowest BCUT2D eigenvalue weighted by molar-refractivity contribution is 0.0755. The number of nitrogens with zero attached hydrogens (tertiary/aromatic N) is 4. The van der Waals surface area contributed by atoms with E-state index in [4.69, 9.17) is 0 Å². The van der Waals surface area contributed by atoms with Gasteiger partial charge in [-0.3, -0.25) is 13.6 Å². The van der Waals surface area contributed by atoms with Crippen LogP contribution in [0.3, 0.4) is 0 Å². The molecule has 0 aliphatic rings. The van der Waals surface area contributed by atoms with Gasteiger partial charge >= 0.3 is 0 Å². The molecule has 7 heteroatoms. The molecular formula is C27H30N4O2S. The summed E-state index contributed by atoms with van der Waals surface area (Å²) < 4.78 is 14.3. The number of aryl methyl sites for hydroxylation is 1. The first-order valence-electron chi connectivity index (χ1n) is 11.6. The Morgan fingerprint density at radius 1 is 1.03 bits per heavy atom. The number of carbonyl (C=O) groups is 1. The molecule has 4 aromatic rings. The van der Waals surface area contributed by atoms with Gasteiger partial charge in [0, 0.05) is 54.4 Å². The highest BCUT2D eigenvalue weighted by atomic mass is 32.2. The maximum Gasteiger partial charge on any atom is 0.253 e. The van der Waals surface area contributed by atoms with Crippen LogP contribution in [0, 0.1) is 6.92 Å². The molecule has 0 bridgehead atoms. The average Bonchev–Trinajstić information content (AvgIpc) is 3.23. The van der Waals surface area contributed by atoms with E-state index in [0.717, 1.165) is 53.5 Å². The summed E-state index contributed by atoms with van der Waals surface area (Å²) in [6, 6.07) is 13.7. The van der Waals surface area contributed by atoms with E-state index in [-0.39, 0.29) is 5.91 Å². The lowest BCUT2D eigenvalue weighted by Crippen LogP contribution is -2.32. The molecule has 1 atom stereocenters. The van der Waals surface area contributed by atoms with Gasteiger partial charge in [0.2, 0.25) is 5.95 Å². The maximum absolute atomic E-state index is 13.2. The molecule has 0 N–H and O–H groups in total. The molecule has 2 heterocycles. The van der Waals surface area contributed by atoms with Crippen molar-refractivity contribution in [1.82, 2.24) is 19.4 Å². The second-order valence-corrected chi connectivity index (χ2v) is 9.78. The van der Waals surface area contributed by atoms with Gasteiger partial charge in [0.25, 0.3) is 5.91 Å². The van der Waals surface area contributed by atoms with E-state index in [9.17, 15) is 9.00 Å². The third-order valence-corrected chi connectivity index (χ3v) is 6.85. The predicted molar refractivity (Wildman–Crippen MR) is 138 cm³/mol. The largest absolute Gasteiger partial charge is 0.339 e. The highest BCUT2D eigenvalue weighted by molar-refractivity contribution is 7.84. The molecule has 6 nitrogen and oxygen atoms in total. The van der Waals surface area contributed by atoms with Crippen LogP contribution in [0.25, 0.3) is 28.0 Å². The SMILES string of the molecule is CCCN(CCC)C(=O)c1ccc2c(S(C)=O)cn(-c3ncc(-c4ccccc4C)cn3)c2c1. The van der Waals surface area contributed by atoms with Crippen LogP contribution in [0.15, 0.2) is 66.0 Å². The van der Waals surface area contributed by atoms with Crippen LogP contribution in [0.2, 0.25) is 0 Å². The van der Waals surface area contributed by atoms with Gasteiger partial charge in [-0.2, -0.15) is 0 Å². The van der Waals surface area contributed by atoms with Gasteiger partial charge in [-0.1, -0.05) is 44.2 Å². The fraction of sp³-hybridized carbons (Fsp3) is 0.296. The third-order valence-electron chi connectivity index (χ3n) is 5.91. The molecular weight excluding hydrogens is 444 g/mol. The second-order valence-electron chi connectivity index (χ2n) is 8.43. The zero-order valence-electron chi connectivity index (χ0n) is 20.1. The maximum atomic E-state index is 13.2. The van der Waals surface area contributed by atoms with Crippen molar-refractivity contribution in [3.8, 4) is 17.1 Å². The van der Waals surface area contributed by atoms with Crippen LogP contribution in [0.5, 0.6) is 0 Å². The van der Waals surface area contributed by atoms with Crippen LogP contribution >= 0.6 is 0 Å². The summed E-state index contributed by atoms with van der Waals surface area (Å²) in [6.07, 6.45) is 8.89. The van der Waals surface area contributed by atoms with Crippen LogP contribution in [0.4, 0.5) is 0 Å². The standard InChI is InChI=1S/C27H30N4O2S/c1-5-13-30(14-6-2)26(32)20-11-12-23-24(15-20)31(18-25(23)34(4)33)27-28-16-21(17-29-27)22-10-8-7-9-19(22)3/h7-12,15-18H,5-6,13-14H2,1-4H3. The number of hydrogen-bond donors (Lipinski definition) is 0. The number of rotatable bonds is 8. The Hall–Kier alpha value is -3.32. The number of benzene rings is 2. The summed E-state index contributed by atoms with van der Waals surface area (Å²) in [4.78, 5) is 25.0. The van der Waals surface area contributed by atoms with Crippen LogP contribution in [-0.4, -0.2) is 48.9 Å². The van der Waals surface area contributed by atoms with E-state index in [1.807, 2.05) is 52.1 Å². The molecule has 176 valence electrons. The molecule has 2 aromatic heterocycles. The summed E-state index contributed by atoms with van der Waals surface area (Å²) >= 11 is 0. The molecule has 0 saturated carbocycles. The Balaban J connectivity index is 1.79. The highest BCUT2D eigenvalue weighted by Gasteiger charge is 2.19. The highest BCUT2D eigenvalue weighted by Crippen LogP contribution is 2.28. The Bertz CT molecular complexity index is 1340. The van der Waals surface area contributed by atoms with Gasteiger partial charge in [0.15, 0.2) is 0 Å². The number of fused-ring (bicyclic) bond motifs is 1. The molecule has 0 saturated heterocycles. The first-order chi connectivity index (χ1) is 16.4. The van der Waals surface area contributed by atoms with Crippen molar-refractivity contribution in [2.24, 2.45) is 0 Å². The van der Waals surface area contributed by atoms with Crippen molar-refractivity contribution in [2.75, 3.05) is 19.3 Å². The van der Waals surface area contributed by atoms with Crippen molar-refractivity contribution in [3.63, 3.8) is 0 Å². The minimum atomic E-state index is -1.20. The zero-order chi connectivity index (χ0) is 24.2. The lowest BCUT2D eigenvalue weighted by Gasteiger charge is -2.21. The minimum absolute atomic E-state index is 0.00772. The normalized spacial score (nSPS) is 12.1. The van der Waals surface area contributed by atoms with E-state index >= 15 is 0 Å². The van der Waals surface area contributed by atoms with Gasteiger partial charge < -0.3 is 4.90 Å². The molecule has 0 spiro atoms. The Morgan fingerprint density at radius 2 is 1.71 bits per heavy atom. The Labute approximate surface area is 203 Å². The summed E-state index contributed by atoms with van der Waals surface area (Å²) in [5, 5.41) is 0.835. The minimum Gasteiger partial charge on any atom is -0.339 e. The van der Waals surface area contributed by atoms with E-state index < -0.39 is 10.8 Å². The van der Waals surface area contributed by atoms with Gasteiger partial charge in [0.1, 0.15) is 0 Å². The number of hydrogen-bond acceptors (Lipinski definition) is 4. The molecule has 1 unspecified atom stereocenters. The topological polar surface area (TPSA) is 68.1 Å². The number of aromatic nitrogens is 3. The van der Waals surface area contributed by atoms with Crippen molar-refractivity contribution < 1.29 is 9.00 Å².